The number of aromatic nitrogens is 1. The Morgan fingerprint density at radius 2 is 1.94 bits per heavy atom. The number of ether oxygens (including phenoxy) is 1. The Morgan fingerprint density at radius 3 is 2.65 bits per heavy atom. The zero-order valence-electron chi connectivity index (χ0n) is 18.1. The van der Waals surface area contributed by atoms with Crippen LogP contribution in [-0.2, 0) is 16.6 Å². The number of methoxy groups -OCH3 is 1. The van der Waals surface area contributed by atoms with Gasteiger partial charge in [-0.15, -0.1) is 6.58 Å². The first kappa shape index (κ1) is 23.7. The van der Waals surface area contributed by atoms with Gasteiger partial charge in [-0.3, -0.25) is 9.52 Å². The molecule has 0 aliphatic heterocycles. The lowest BCUT2D eigenvalue weighted by molar-refractivity contribution is 0.0998. The molecule has 0 radical (unpaired) electrons. The van der Waals surface area contributed by atoms with E-state index in [1.54, 1.807) is 42.5 Å². The standard InChI is InChI=1S/C24H20ClN3O4S2/c1-3-13-28-21-12-7-17(25)15-22(21)33-24(28)26-23(29)16-5-4-6-18(14-16)27-34(30,31)20-10-8-19(32-2)9-11-20/h3-12,14-15,27H,1,13H2,2H3. The largest absolute Gasteiger partial charge is 0.497 e. The summed E-state index contributed by atoms with van der Waals surface area (Å²) < 4.78 is 35.8. The number of hydrogen-bond donors (Lipinski definition) is 1. The number of anilines is 1. The lowest BCUT2D eigenvalue weighted by Crippen LogP contribution is -2.16. The van der Waals surface area contributed by atoms with E-state index in [2.05, 4.69) is 16.3 Å². The molecule has 0 bridgehead atoms. The number of hydrogen-bond acceptors (Lipinski definition) is 5. The summed E-state index contributed by atoms with van der Waals surface area (Å²) in [7, 11) is -2.35. The summed E-state index contributed by atoms with van der Waals surface area (Å²) in [5.74, 6) is 0.0475. The van der Waals surface area contributed by atoms with E-state index in [-0.39, 0.29) is 16.1 Å². The third-order valence-corrected chi connectivity index (χ3v) is 7.56. The molecule has 3 aromatic carbocycles. The Morgan fingerprint density at radius 1 is 1.18 bits per heavy atom. The minimum atomic E-state index is -3.85. The van der Waals surface area contributed by atoms with Gasteiger partial charge in [-0.2, -0.15) is 4.99 Å². The highest BCUT2D eigenvalue weighted by atomic mass is 35.5. The first-order valence-corrected chi connectivity index (χ1v) is 12.7. The third kappa shape index (κ3) is 5.06. The molecule has 1 aromatic heterocycles. The van der Waals surface area contributed by atoms with Gasteiger partial charge in [0.2, 0.25) is 0 Å². The maximum Gasteiger partial charge on any atom is 0.279 e. The Kier molecular flexibility index (Phi) is 6.87. The fraction of sp³-hybridized carbons (Fsp3) is 0.0833. The van der Waals surface area contributed by atoms with Crippen LogP contribution >= 0.6 is 22.9 Å². The molecule has 1 amide bonds. The third-order valence-electron chi connectivity index (χ3n) is 4.89. The normalized spacial score (nSPS) is 12.0. The highest BCUT2D eigenvalue weighted by Crippen LogP contribution is 2.23. The first-order valence-electron chi connectivity index (χ1n) is 10.1. The summed E-state index contributed by atoms with van der Waals surface area (Å²) in [6.07, 6.45) is 1.72. The molecule has 0 atom stereocenters. The van der Waals surface area contributed by atoms with Gasteiger partial charge in [-0.1, -0.05) is 35.1 Å². The average Bonchev–Trinajstić information content (AvgIpc) is 3.15. The molecular weight excluding hydrogens is 494 g/mol. The second-order valence-electron chi connectivity index (χ2n) is 7.17. The first-order chi connectivity index (χ1) is 16.3. The number of nitrogens with zero attached hydrogens (tertiary/aromatic N) is 2. The molecule has 4 aromatic rings. The van der Waals surface area contributed by atoms with Crippen molar-refractivity contribution in [3.8, 4) is 5.75 Å². The van der Waals surface area contributed by atoms with Crippen LogP contribution in [0.3, 0.4) is 0 Å². The minimum absolute atomic E-state index is 0.0733. The zero-order chi connectivity index (χ0) is 24.3. The Balaban J connectivity index is 1.65. The Hall–Kier alpha value is -3.40. The molecule has 1 heterocycles. The number of fused-ring (bicyclic) bond motifs is 1. The van der Waals surface area contributed by atoms with Gasteiger partial charge in [-0.05, 0) is 60.7 Å². The van der Waals surface area contributed by atoms with E-state index in [4.69, 9.17) is 16.3 Å². The van der Waals surface area contributed by atoms with Crippen LogP contribution in [0, 0.1) is 0 Å². The summed E-state index contributed by atoms with van der Waals surface area (Å²) in [4.78, 5) is 17.8. The van der Waals surface area contributed by atoms with E-state index in [0.29, 0.717) is 22.1 Å². The lowest BCUT2D eigenvalue weighted by Gasteiger charge is -2.09. The molecule has 4 rings (SSSR count). The average molecular weight is 514 g/mol. The molecule has 7 nitrogen and oxygen atoms in total. The van der Waals surface area contributed by atoms with Crippen LogP contribution < -0.4 is 14.3 Å². The Labute approximate surface area is 205 Å². The highest BCUT2D eigenvalue weighted by Gasteiger charge is 2.16. The SMILES string of the molecule is C=CCn1c(=NC(=O)c2cccc(NS(=O)(=O)c3ccc(OC)cc3)c2)sc2cc(Cl)ccc21. The minimum Gasteiger partial charge on any atom is -0.497 e. The van der Waals surface area contributed by atoms with E-state index in [1.807, 2.05) is 16.7 Å². The number of carbonyl (C=O) groups excluding carboxylic acids is 1. The van der Waals surface area contributed by atoms with Crippen molar-refractivity contribution in [1.29, 1.82) is 0 Å². The molecule has 0 saturated heterocycles. The molecule has 0 unspecified atom stereocenters. The molecular formula is C24H20ClN3O4S2. The summed E-state index contributed by atoms with van der Waals surface area (Å²) in [5, 5.41) is 0.592. The lowest BCUT2D eigenvalue weighted by atomic mass is 10.2. The van der Waals surface area contributed by atoms with Gasteiger partial charge in [-0.25, -0.2) is 8.42 Å². The number of nitrogens with one attached hydrogen (secondary N) is 1. The predicted molar refractivity (Wildman–Crippen MR) is 135 cm³/mol. The van der Waals surface area contributed by atoms with Crippen molar-refractivity contribution in [2.45, 2.75) is 11.4 Å². The van der Waals surface area contributed by atoms with Crippen molar-refractivity contribution >= 4 is 54.8 Å². The number of rotatable bonds is 7. The number of amides is 1. The van der Waals surface area contributed by atoms with Crippen molar-refractivity contribution < 1.29 is 17.9 Å². The molecule has 1 N–H and O–H groups in total. The molecule has 0 spiro atoms. The van der Waals surface area contributed by atoms with E-state index in [9.17, 15) is 13.2 Å². The zero-order valence-corrected chi connectivity index (χ0v) is 20.5. The van der Waals surface area contributed by atoms with E-state index >= 15 is 0 Å². The van der Waals surface area contributed by atoms with Gasteiger partial charge >= 0.3 is 0 Å². The molecule has 174 valence electrons. The topological polar surface area (TPSA) is 89.8 Å². The molecule has 34 heavy (non-hydrogen) atoms. The quantitative estimate of drug-likeness (QED) is 0.348. The van der Waals surface area contributed by atoms with Crippen molar-refractivity contribution in [2.75, 3.05) is 11.8 Å². The van der Waals surface area contributed by atoms with Gasteiger partial charge in [0.05, 0.1) is 22.2 Å². The predicted octanol–water partition coefficient (Wildman–Crippen LogP) is 5.09. The molecule has 0 aliphatic carbocycles. The molecule has 0 saturated carbocycles. The summed E-state index contributed by atoms with van der Waals surface area (Å²) in [6, 6.07) is 17.7. The van der Waals surface area contributed by atoms with Crippen molar-refractivity contribution in [3.05, 3.63) is 94.8 Å². The van der Waals surface area contributed by atoms with E-state index in [0.717, 1.165) is 10.2 Å². The number of allylic oxidation sites excluding steroid dienone is 1. The van der Waals surface area contributed by atoms with Crippen LogP contribution in [0.15, 0.2) is 89.3 Å². The second kappa shape index (κ2) is 9.84. The Bertz CT molecular complexity index is 1560. The second-order valence-corrected chi connectivity index (χ2v) is 10.3. The fourth-order valence-electron chi connectivity index (χ4n) is 3.27. The fourth-order valence-corrected chi connectivity index (χ4v) is 5.64. The number of sulfonamides is 1. The van der Waals surface area contributed by atoms with Gasteiger partial charge in [0.15, 0.2) is 4.80 Å². The maximum atomic E-state index is 13.0. The van der Waals surface area contributed by atoms with Crippen LogP contribution in [0.1, 0.15) is 10.4 Å². The number of halogens is 1. The van der Waals surface area contributed by atoms with Crippen LogP contribution in [-0.4, -0.2) is 26.0 Å². The summed E-state index contributed by atoms with van der Waals surface area (Å²) in [5.41, 5.74) is 1.39. The maximum absolute atomic E-state index is 13.0. The van der Waals surface area contributed by atoms with Gasteiger partial charge in [0, 0.05) is 22.8 Å². The summed E-state index contributed by atoms with van der Waals surface area (Å²) >= 11 is 7.44. The van der Waals surface area contributed by atoms with Crippen molar-refractivity contribution in [1.82, 2.24) is 4.57 Å². The van der Waals surface area contributed by atoms with Gasteiger partial charge in [0.25, 0.3) is 15.9 Å². The molecule has 0 fully saturated rings. The van der Waals surface area contributed by atoms with Gasteiger partial charge in [0.1, 0.15) is 5.75 Å². The van der Waals surface area contributed by atoms with Crippen LogP contribution in [0.4, 0.5) is 5.69 Å². The molecule has 0 aliphatic rings. The van der Waals surface area contributed by atoms with Crippen molar-refractivity contribution in [3.63, 3.8) is 0 Å². The summed E-state index contributed by atoms with van der Waals surface area (Å²) in [6.45, 7) is 4.25. The van der Waals surface area contributed by atoms with Crippen LogP contribution in [0.25, 0.3) is 10.2 Å². The van der Waals surface area contributed by atoms with Crippen LogP contribution in [0.2, 0.25) is 5.02 Å². The monoisotopic (exact) mass is 513 g/mol. The number of thiazole rings is 1. The van der Waals surface area contributed by atoms with Crippen LogP contribution in [0.5, 0.6) is 5.75 Å². The van der Waals surface area contributed by atoms with Crippen molar-refractivity contribution in [2.24, 2.45) is 4.99 Å². The van der Waals surface area contributed by atoms with E-state index < -0.39 is 15.9 Å². The number of benzene rings is 3. The van der Waals surface area contributed by atoms with Gasteiger partial charge < -0.3 is 9.30 Å². The number of carbonyl (C=O) groups is 1. The van der Waals surface area contributed by atoms with E-state index in [1.165, 1.54) is 36.6 Å². The molecule has 10 heteroatoms. The smallest absolute Gasteiger partial charge is 0.279 e. The highest BCUT2D eigenvalue weighted by molar-refractivity contribution is 7.92.